The Morgan fingerprint density at radius 3 is 2.40 bits per heavy atom. The molecule has 0 bridgehead atoms. The maximum absolute atomic E-state index is 13.2. The van der Waals surface area contributed by atoms with Crippen molar-refractivity contribution in [3.8, 4) is 11.5 Å². The molecule has 1 fully saturated rings. The van der Waals surface area contributed by atoms with E-state index in [0.717, 1.165) is 21.6 Å². The molecule has 4 rings (SSSR count). The molecule has 0 radical (unpaired) electrons. The van der Waals surface area contributed by atoms with Crippen LogP contribution in [0.15, 0.2) is 54.1 Å². The predicted octanol–water partition coefficient (Wildman–Crippen LogP) is 5.61. The molecule has 1 heterocycles. The zero-order valence-electron chi connectivity index (χ0n) is 22.1. The van der Waals surface area contributed by atoms with Crippen LogP contribution in [0, 0.1) is 20.8 Å². The minimum Gasteiger partial charge on any atom is -0.493 e. The summed E-state index contributed by atoms with van der Waals surface area (Å²) in [7, 11) is 1.38. The fourth-order valence-electron chi connectivity index (χ4n) is 3.94. The van der Waals surface area contributed by atoms with Gasteiger partial charge in [0, 0.05) is 10.7 Å². The molecule has 5 amide bonds. The molecule has 0 spiro atoms. The Balaban J connectivity index is 1.57. The minimum atomic E-state index is -0.898. The Hall–Kier alpha value is -4.34. The molecular formula is C29H25Cl2N3O6. The standard InChI is InChI=1S/C29H25Cl2N3O6/c1-15-5-6-17(3)23(9-15)32-25(35)14-40-26-22(31)11-18(12-24(26)39-4)10-20-27(36)33-29(38)34(28(20)37)19-8-7-16(2)21(30)13-19/h5-13H,14H2,1-4H3,(H,32,35)(H,33,36,38)/b20-10+. The topological polar surface area (TPSA) is 114 Å². The van der Waals surface area contributed by atoms with Crippen LogP contribution in [0.5, 0.6) is 11.5 Å². The number of aryl methyl sites for hydroxylation is 3. The molecule has 1 aliphatic rings. The van der Waals surface area contributed by atoms with Gasteiger partial charge in [0.05, 0.1) is 17.8 Å². The molecule has 0 atom stereocenters. The summed E-state index contributed by atoms with van der Waals surface area (Å²) in [6.07, 6.45) is 1.28. The number of carbonyl (C=O) groups excluding carboxylic acids is 4. The van der Waals surface area contributed by atoms with Gasteiger partial charge < -0.3 is 14.8 Å². The van der Waals surface area contributed by atoms with Gasteiger partial charge in [-0.2, -0.15) is 0 Å². The van der Waals surface area contributed by atoms with E-state index >= 15 is 0 Å². The number of hydrogen-bond donors (Lipinski definition) is 2. The van der Waals surface area contributed by atoms with Crippen molar-refractivity contribution in [3.05, 3.63) is 86.4 Å². The lowest BCUT2D eigenvalue weighted by molar-refractivity contribution is -0.122. The van der Waals surface area contributed by atoms with E-state index in [1.165, 1.54) is 31.4 Å². The number of ether oxygens (including phenoxy) is 2. The Morgan fingerprint density at radius 1 is 0.975 bits per heavy atom. The first-order valence-corrected chi connectivity index (χ1v) is 12.8. The summed E-state index contributed by atoms with van der Waals surface area (Å²) < 4.78 is 11.1. The van der Waals surface area contributed by atoms with Crippen molar-refractivity contribution < 1.29 is 28.7 Å². The zero-order valence-corrected chi connectivity index (χ0v) is 23.6. The van der Waals surface area contributed by atoms with Gasteiger partial charge in [0.15, 0.2) is 18.1 Å². The molecule has 11 heteroatoms. The number of hydrogen-bond acceptors (Lipinski definition) is 6. The molecule has 3 aromatic rings. The molecule has 0 aromatic heterocycles. The van der Waals surface area contributed by atoms with E-state index in [9.17, 15) is 19.2 Å². The van der Waals surface area contributed by atoms with Crippen molar-refractivity contribution in [2.75, 3.05) is 23.9 Å². The number of methoxy groups -OCH3 is 1. The zero-order chi connectivity index (χ0) is 29.1. The van der Waals surface area contributed by atoms with E-state index in [1.807, 2.05) is 32.0 Å². The van der Waals surface area contributed by atoms with E-state index in [-0.39, 0.29) is 34.4 Å². The van der Waals surface area contributed by atoms with E-state index < -0.39 is 23.8 Å². The highest BCUT2D eigenvalue weighted by atomic mass is 35.5. The number of amides is 5. The molecule has 0 saturated carbocycles. The highest BCUT2D eigenvalue weighted by molar-refractivity contribution is 6.39. The Morgan fingerprint density at radius 2 is 1.70 bits per heavy atom. The average molecular weight is 582 g/mol. The number of imide groups is 2. The van der Waals surface area contributed by atoms with Gasteiger partial charge in [0.25, 0.3) is 17.7 Å². The first-order valence-electron chi connectivity index (χ1n) is 12.0. The molecule has 0 unspecified atom stereocenters. The summed E-state index contributed by atoms with van der Waals surface area (Å²) in [6, 6.07) is 12.4. The number of halogens is 2. The second-order valence-corrected chi connectivity index (χ2v) is 9.90. The van der Waals surface area contributed by atoms with Gasteiger partial charge in [-0.15, -0.1) is 0 Å². The smallest absolute Gasteiger partial charge is 0.335 e. The van der Waals surface area contributed by atoms with Gasteiger partial charge in [-0.05, 0) is 79.4 Å². The highest BCUT2D eigenvalue weighted by Gasteiger charge is 2.37. The second-order valence-electron chi connectivity index (χ2n) is 9.08. The van der Waals surface area contributed by atoms with Crippen LogP contribution in [-0.2, 0) is 14.4 Å². The third-order valence-corrected chi connectivity index (χ3v) is 6.78. The van der Waals surface area contributed by atoms with Crippen LogP contribution in [0.3, 0.4) is 0 Å². The van der Waals surface area contributed by atoms with Crippen molar-refractivity contribution in [2.24, 2.45) is 0 Å². The summed E-state index contributed by atoms with van der Waals surface area (Å²) >= 11 is 12.6. The van der Waals surface area contributed by atoms with Crippen LogP contribution in [0.2, 0.25) is 10.0 Å². The predicted molar refractivity (Wildman–Crippen MR) is 153 cm³/mol. The minimum absolute atomic E-state index is 0.0765. The van der Waals surface area contributed by atoms with Gasteiger partial charge in [0.2, 0.25) is 0 Å². The van der Waals surface area contributed by atoms with E-state index in [0.29, 0.717) is 16.3 Å². The summed E-state index contributed by atoms with van der Waals surface area (Å²) in [6.45, 7) is 5.23. The number of nitrogens with one attached hydrogen (secondary N) is 2. The van der Waals surface area contributed by atoms with Crippen molar-refractivity contribution in [3.63, 3.8) is 0 Å². The summed E-state index contributed by atoms with van der Waals surface area (Å²) in [5, 5.41) is 5.39. The molecule has 3 aromatic carbocycles. The number of benzene rings is 3. The number of rotatable bonds is 7. The second kappa shape index (κ2) is 11.8. The summed E-state index contributed by atoms with van der Waals surface area (Å²) in [5.41, 5.74) is 3.55. The first-order chi connectivity index (χ1) is 19.0. The molecule has 0 aliphatic carbocycles. The van der Waals surface area contributed by atoms with Gasteiger partial charge in [0.1, 0.15) is 5.57 Å². The maximum Gasteiger partial charge on any atom is 0.335 e. The number of barbiturate groups is 1. The molecule has 9 nitrogen and oxygen atoms in total. The summed E-state index contributed by atoms with van der Waals surface area (Å²) in [5.74, 6) is -1.84. The molecular weight excluding hydrogens is 557 g/mol. The summed E-state index contributed by atoms with van der Waals surface area (Å²) in [4.78, 5) is 51.7. The monoisotopic (exact) mass is 581 g/mol. The van der Waals surface area contributed by atoms with Crippen molar-refractivity contribution in [1.82, 2.24) is 5.32 Å². The lowest BCUT2D eigenvalue weighted by Crippen LogP contribution is -2.54. The number of carbonyl (C=O) groups is 4. The van der Waals surface area contributed by atoms with E-state index in [1.54, 1.807) is 19.1 Å². The number of nitrogens with zero attached hydrogens (tertiary/aromatic N) is 1. The quantitative estimate of drug-likeness (QED) is 0.277. The van der Waals surface area contributed by atoms with Crippen LogP contribution >= 0.6 is 23.2 Å². The van der Waals surface area contributed by atoms with Gasteiger partial charge in [-0.1, -0.05) is 41.4 Å². The van der Waals surface area contributed by atoms with Gasteiger partial charge in [-0.25, -0.2) is 9.69 Å². The normalized spacial score (nSPS) is 14.3. The Kier molecular flexibility index (Phi) is 8.46. The molecule has 2 N–H and O–H groups in total. The fourth-order valence-corrected chi connectivity index (χ4v) is 4.39. The van der Waals surface area contributed by atoms with Crippen LogP contribution in [0.25, 0.3) is 6.08 Å². The largest absolute Gasteiger partial charge is 0.493 e. The van der Waals surface area contributed by atoms with E-state index in [4.69, 9.17) is 32.7 Å². The first kappa shape index (κ1) is 28.7. The molecule has 206 valence electrons. The van der Waals surface area contributed by atoms with Crippen LogP contribution in [-0.4, -0.2) is 37.5 Å². The van der Waals surface area contributed by atoms with Crippen molar-refractivity contribution in [1.29, 1.82) is 0 Å². The Labute approximate surface area is 240 Å². The third kappa shape index (κ3) is 6.11. The maximum atomic E-state index is 13.2. The lowest BCUT2D eigenvalue weighted by Gasteiger charge is -2.26. The van der Waals surface area contributed by atoms with Crippen LogP contribution < -0.4 is 25.0 Å². The average Bonchev–Trinajstić information content (AvgIpc) is 2.89. The van der Waals surface area contributed by atoms with Gasteiger partial charge >= 0.3 is 6.03 Å². The van der Waals surface area contributed by atoms with Crippen molar-refractivity contribution in [2.45, 2.75) is 20.8 Å². The number of anilines is 2. The SMILES string of the molecule is COc1cc(/C=C2\C(=O)NC(=O)N(c3ccc(C)c(Cl)c3)C2=O)cc(Cl)c1OCC(=O)Nc1cc(C)ccc1C. The van der Waals surface area contributed by atoms with E-state index in [2.05, 4.69) is 10.6 Å². The van der Waals surface area contributed by atoms with Crippen LogP contribution in [0.4, 0.5) is 16.2 Å². The molecule has 1 aliphatic heterocycles. The highest BCUT2D eigenvalue weighted by Crippen LogP contribution is 2.37. The van der Waals surface area contributed by atoms with Crippen LogP contribution in [0.1, 0.15) is 22.3 Å². The molecule has 40 heavy (non-hydrogen) atoms. The van der Waals surface area contributed by atoms with Crippen molar-refractivity contribution >= 4 is 64.4 Å². The molecule has 1 saturated heterocycles. The van der Waals surface area contributed by atoms with Gasteiger partial charge in [-0.3, -0.25) is 19.7 Å². The number of urea groups is 1. The Bertz CT molecular complexity index is 1580. The third-order valence-electron chi connectivity index (χ3n) is 6.09. The lowest BCUT2D eigenvalue weighted by atomic mass is 10.1. The fraction of sp³-hybridized carbons (Fsp3) is 0.172.